The lowest BCUT2D eigenvalue weighted by molar-refractivity contribution is -0.149. The van der Waals surface area contributed by atoms with E-state index in [4.69, 9.17) is 14.9 Å². The zero-order valence-electron chi connectivity index (χ0n) is 8.89. The van der Waals surface area contributed by atoms with Crippen LogP contribution in [0.25, 0.3) is 0 Å². The molecular weight excluding hydrogens is 198 g/mol. The minimum atomic E-state index is -0.808. The predicted molar refractivity (Wildman–Crippen MR) is 54.8 cm³/mol. The van der Waals surface area contributed by atoms with Crippen molar-refractivity contribution in [1.82, 2.24) is 4.90 Å². The lowest BCUT2D eigenvalue weighted by Gasteiger charge is -2.32. The smallest absolute Gasteiger partial charge is 0.323 e. The number of nitrogens with zero attached hydrogens (tertiary/aromatic N) is 1. The zero-order valence-corrected chi connectivity index (χ0v) is 8.89. The molecule has 1 rings (SSSR count). The second kappa shape index (κ2) is 6.76. The average molecular weight is 217 g/mol. The van der Waals surface area contributed by atoms with Gasteiger partial charge < -0.3 is 14.9 Å². The Kier molecular flexibility index (Phi) is 5.60. The van der Waals surface area contributed by atoms with Crippen LogP contribution in [0, 0.1) is 0 Å². The van der Waals surface area contributed by atoms with E-state index in [9.17, 15) is 4.79 Å². The van der Waals surface area contributed by atoms with Gasteiger partial charge >= 0.3 is 5.97 Å². The third kappa shape index (κ3) is 4.15. The van der Waals surface area contributed by atoms with E-state index < -0.39 is 12.0 Å². The van der Waals surface area contributed by atoms with Crippen LogP contribution in [0.5, 0.6) is 0 Å². The van der Waals surface area contributed by atoms with Crippen LogP contribution in [-0.4, -0.2) is 60.0 Å². The largest absolute Gasteiger partial charge is 0.480 e. The number of ether oxygens (including phenoxy) is 1. The first kappa shape index (κ1) is 12.4. The maximum atomic E-state index is 10.9. The Labute approximate surface area is 89.6 Å². The summed E-state index contributed by atoms with van der Waals surface area (Å²) in [5.41, 5.74) is 0. The highest BCUT2D eigenvalue weighted by Gasteiger charge is 2.28. The molecule has 5 heteroatoms. The lowest BCUT2D eigenvalue weighted by Crippen LogP contribution is -2.50. The van der Waals surface area contributed by atoms with E-state index in [2.05, 4.69) is 0 Å². The van der Waals surface area contributed by atoms with Crippen molar-refractivity contribution in [2.24, 2.45) is 0 Å². The molecule has 1 saturated heterocycles. The first-order valence-electron chi connectivity index (χ1n) is 5.41. The van der Waals surface area contributed by atoms with Gasteiger partial charge in [0.1, 0.15) is 6.04 Å². The summed E-state index contributed by atoms with van der Waals surface area (Å²) >= 11 is 0. The van der Waals surface area contributed by atoms with Gasteiger partial charge in [-0.2, -0.15) is 0 Å². The maximum Gasteiger partial charge on any atom is 0.323 e. The number of aliphatic hydroxyl groups excluding tert-OH is 1. The Bertz CT molecular complexity index is 198. The summed E-state index contributed by atoms with van der Waals surface area (Å²) in [7, 11) is 0. The average Bonchev–Trinajstić information content (AvgIpc) is 2.25. The van der Waals surface area contributed by atoms with Gasteiger partial charge in [-0.05, 0) is 25.8 Å². The Morgan fingerprint density at radius 2 is 2.20 bits per heavy atom. The molecule has 0 aromatic heterocycles. The van der Waals surface area contributed by atoms with Crippen molar-refractivity contribution in [3.05, 3.63) is 0 Å². The summed E-state index contributed by atoms with van der Waals surface area (Å²) < 4.78 is 5.14. The molecule has 0 saturated carbocycles. The Hall–Kier alpha value is -0.650. The molecule has 0 amide bonds. The highest BCUT2D eigenvalue weighted by Crippen LogP contribution is 2.09. The van der Waals surface area contributed by atoms with Crippen molar-refractivity contribution in [2.75, 3.05) is 32.9 Å². The number of hydrogen-bond donors (Lipinski definition) is 2. The molecule has 0 spiro atoms. The van der Waals surface area contributed by atoms with Gasteiger partial charge in [0.25, 0.3) is 0 Å². The fourth-order valence-electron chi connectivity index (χ4n) is 1.74. The van der Waals surface area contributed by atoms with E-state index in [-0.39, 0.29) is 13.2 Å². The Morgan fingerprint density at radius 1 is 1.40 bits per heavy atom. The van der Waals surface area contributed by atoms with Gasteiger partial charge in [0.2, 0.25) is 0 Å². The van der Waals surface area contributed by atoms with Gasteiger partial charge in [-0.3, -0.25) is 9.69 Å². The normalized spacial score (nSPS) is 22.9. The quantitative estimate of drug-likeness (QED) is 0.610. The molecule has 0 aliphatic carbocycles. The van der Waals surface area contributed by atoms with Crippen LogP contribution in [0.15, 0.2) is 0 Å². The van der Waals surface area contributed by atoms with E-state index in [1.807, 2.05) is 4.90 Å². The fraction of sp³-hybridized carbons (Fsp3) is 0.900. The summed E-state index contributed by atoms with van der Waals surface area (Å²) in [6, 6.07) is -0.493. The molecule has 1 fully saturated rings. The lowest BCUT2D eigenvalue weighted by atomic mass is 10.2. The molecule has 1 heterocycles. The van der Waals surface area contributed by atoms with Gasteiger partial charge in [0.15, 0.2) is 0 Å². The summed E-state index contributed by atoms with van der Waals surface area (Å²) in [5, 5.41) is 17.6. The molecule has 1 atom stereocenters. The molecule has 0 aromatic rings. The van der Waals surface area contributed by atoms with Crippen molar-refractivity contribution in [3.63, 3.8) is 0 Å². The molecule has 0 aromatic carbocycles. The number of hydrogen-bond acceptors (Lipinski definition) is 4. The van der Waals surface area contributed by atoms with E-state index in [1.165, 1.54) is 0 Å². The minimum absolute atomic E-state index is 0.214. The van der Waals surface area contributed by atoms with Crippen molar-refractivity contribution >= 4 is 5.97 Å². The molecule has 1 aliphatic rings. The van der Waals surface area contributed by atoms with E-state index in [0.717, 1.165) is 25.8 Å². The maximum absolute atomic E-state index is 10.9. The van der Waals surface area contributed by atoms with E-state index >= 15 is 0 Å². The van der Waals surface area contributed by atoms with Crippen LogP contribution in [0.1, 0.15) is 19.3 Å². The summed E-state index contributed by atoms with van der Waals surface area (Å²) in [4.78, 5) is 12.8. The van der Waals surface area contributed by atoms with Crippen LogP contribution in [-0.2, 0) is 9.53 Å². The number of carboxylic acids is 1. The number of carboxylic acid groups (broad SMARTS) is 1. The van der Waals surface area contributed by atoms with Crippen LogP contribution >= 0.6 is 0 Å². The van der Waals surface area contributed by atoms with Crippen molar-refractivity contribution in [2.45, 2.75) is 25.3 Å². The number of unbranched alkanes of at least 4 members (excludes halogenated alkanes) is 2. The van der Waals surface area contributed by atoms with Crippen LogP contribution in [0.3, 0.4) is 0 Å². The van der Waals surface area contributed by atoms with Crippen LogP contribution < -0.4 is 0 Å². The fourth-order valence-corrected chi connectivity index (χ4v) is 1.74. The molecular formula is C10H19NO4. The van der Waals surface area contributed by atoms with Gasteiger partial charge in [0.05, 0.1) is 13.2 Å². The number of rotatable bonds is 6. The first-order valence-corrected chi connectivity index (χ1v) is 5.41. The molecule has 2 N–H and O–H groups in total. The molecule has 15 heavy (non-hydrogen) atoms. The SMILES string of the molecule is O=C(O)C1COCCN1CCCCCO. The number of morpholine rings is 1. The van der Waals surface area contributed by atoms with Gasteiger partial charge in [-0.15, -0.1) is 0 Å². The van der Waals surface area contributed by atoms with E-state index in [1.54, 1.807) is 0 Å². The van der Waals surface area contributed by atoms with E-state index in [0.29, 0.717) is 13.2 Å². The van der Waals surface area contributed by atoms with Crippen LogP contribution in [0.2, 0.25) is 0 Å². The standard InChI is InChI=1S/C10H19NO4/c12-6-3-1-2-4-11-5-7-15-8-9(11)10(13)14/h9,12H,1-8H2,(H,13,14). The summed E-state index contributed by atoms with van der Waals surface area (Å²) in [6.45, 7) is 2.58. The summed E-state index contributed by atoms with van der Waals surface area (Å²) in [6.07, 6.45) is 2.67. The molecule has 0 bridgehead atoms. The zero-order chi connectivity index (χ0) is 11.1. The monoisotopic (exact) mass is 217 g/mol. The molecule has 5 nitrogen and oxygen atoms in total. The van der Waals surface area contributed by atoms with Crippen molar-refractivity contribution in [3.8, 4) is 0 Å². The molecule has 1 unspecified atom stereocenters. The number of carbonyl (C=O) groups is 1. The third-order valence-corrected chi connectivity index (χ3v) is 2.63. The van der Waals surface area contributed by atoms with Gasteiger partial charge in [-0.1, -0.05) is 0 Å². The molecule has 88 valence electrons. The molecule has 1 aliphatic heterocycles. The van der Waals surface area contributed by atoms with Gasteiger partial charge in [-0.25, -0.2) is 0 Å². The third-order valence-electron chi connectivity index (χ3n) is 2.63. The number of aliphatic hydroxyl groups is 1. The highest BCUT2D eigenvalue weighted by molar-refractivity contribution is 5.73. The Balaban J connectivity index is 2.26. The minimum Gasteiger partial charge on any atom is -0.480 e. The second-order valence-corrected chi connectivity index (χ2v) is 3.75. The predicted octanol–water partition coefficient (Wildman–Crippen LogP) is -0.0656. The van der Waals surface area contributed by atoms with Gasteiger partial charge in [0, 0.05) is 13.2 Å². The first-order chi connectivity index (χ1) is 7.25. The Morgan fingerprint density at radius 3 is 2.87 bits per heavy atom. The summed E-state index contributed by atoms with van der Waals surface area (Å²) in [5.74, 6) is -0.808. The van der Waals surface area contributed by atoms with Crippen LogP contribution in [0.4, 0.5) is 0 Å². The highest BCUT2D eigenvalue weighted by atomic mass is 16.5. The second-order valence-electron chi connectivity index (χ2n) is 3.75. The number of aliphatic carboxylic acids is 1. The van der Waals surface area contributed by atoms with Crippen molar-refractivity contribution in [1.29, 1.82) is 0 Å². The van der Waals surface area contributed by atoms with Crippen molar-refractivity contribution < 1.29 is 19.7 Å². The molecule has 0 radical (unpaired) electrons. The topological polar surface area (TPSA) is 70.0 Å².